The molecule has 0 aromatic carbocycles. The summed E-state index contributed by atoms with van der Waals surface area (Å²) in [5.74, 6) is 2.46. The number of hydrogen-bond donors (Lipinski definition) is 0. The molecule has 4 rings (SSSR count). The Kier molecular flexibility index (Phi) is 3.51. The smallest absolute Gasteiger partial charge is 0.254 e. The van der Waals surface area contributed by atoms with Gasteiger partial charge in [0.15, 0.2) is 5.82 Å². The van der Waals surface area contributed by atoms with Crippen LogP contribution in [0.4, 0.5) is 5.82 Å². The molecule has 126 valence electrons. The number of aryl methyl sites for hydroxylation is 3. The summed E-state index contributed by atoms with van der Waals surface area (Å²) < 4.78 is 3.85. The van der Waals surface area contributed by atoms with Crippen LogP contribution in [0.15, 0.2) is 12.4 Å². The topological polar surface area (TPSA) is 64.1 Å². The lowest BCUT2D eigenvalue weighted by Gasteiger charge is -2.33. The average Bonchev–Trinajstić information content (AvgIpc) is 3.12. The van der Waals surface area contributed by atoms with Gasteiger partial charge in [-0.25, -0.2) is 9.67 Å². The molecule has 0 aliphatic carbocycles. The molecule has 0 unspecified atom stereocenters. The van der Waals surface area contributed by atoms with E-state index in [1.54, 1.807) is 6.33 Å². The van der Waals surface area contributed by atoms with E-state index in [0.29, 0.717) is 5.78 Å². The first kappa shape index (κ1) is 15.1. The summed E-state index contributed by atoms with van der Waals surface area (Å²) in [6.45, 7) is 10.5. The van der Waals surface area contributed by atoms with Gasteiger partial charge in [0.05, 0.1) is 11.4 Å². The Labute approximate surface area is 141 Å². The molecule has 0 N–H and O–H groups in total. The largest absolute Gasteiger partial charge is 0.355 e. The van der Waals surface area contributed by atoms with Crippen LogP contribution in [0, 0.1) is 26.7 Å². The van der Waals surface area contributed by atoms with Crippen LogP contribution in [0.5, 0.6) is 0 Å². The maximum atomic E-state index is 4.69. The first-order valence-corrected chi connectivity index (χ1v) is 8.53. The highest BCUT2D eigenvalue weighted by atomic mass is 15.4. The van der Waals surface area contributed by atoms with Gasteiger partial charge in [-0.05, 0) is 45.6 Å². The molecular formula is C17H23N7. The lowest BCUT2D eigenvalue weighted by molar-refractivity contribution is 0.434. The molecule has 0 saturated carbocycles. The van der Waals surface area contributed by atoms with E-state index in [2.05, 4.69) is 39.9 Å². The Morgan fingerprint density at radius 2 is 1.88 bits per heavy atom. The van der Waals surface area contributed by atoms with Gasteiger partial charge in [-0.2, -0.15) is 19.7 Å². The second-order valence-electron chi connectivity index (χ2n) is 6.85. The Bertz CT molecular complexity index is 884. The maximum absolute atomic E-state index is 4.69. The van der Waals surface area contributed by atoms with Crippen LogP contribution < -0.4 is 4.90 Å². The Morgan fingerprint density at radius 3 is 2.54 bits per heavy atom. The summed E-state index contributed by atoms with van der Waals surface area (Å²) in [4.78, 5) is 11.3. The highest BCUT2D eigenvalue weighted by Gasteiger charge is 2.25. The number of anilines is 1. The minimum atomic E-state index is 0.645. The third kappa shape index (κ3) is 2.35. The second-order valence-corrected chi connectivity index (χ2v) is 6.85. The molecule has 0 atom stereocenters. The predicted molar refractivity (Wildman–Crippen MR) is 92.7 cm³/mol. The normalized spacial score (nSPS) is 16.2. The van der Waals surface area contributed by atoms with Crippen LogP contribution in [-0.2, 0) is 0 Å². The number of rotatable bonds is 2. The van der Waals surface area contributed by atoms with Crippen molar-refractivity contribution in [2.45, 2.75) is 40.5 Å². The van der Waals surface area contributed by atoms with Gasteiger partial charge >= 0.3 is 0 Å². The van der Waals surface area contributed by atoms with E-state index in [-0.39, 0.29) is 0 Å². The molecule has 7 heteroatoms. The summed E-state index contributed by atoms with van der Waals surface area (Å²) in [6, 6.07) is 2.09. The lowest BCUT2D eigenvalue weighted by atomic mass is 9.99. The van der Waals surface area contributed by atoms with Crippen LogP contribution >= 0.6 is 0 Å². The van der Waals surface area contributed by atoms with Crippen molar-refractivity contribution in [2.75, 3.05) is 18.0 Å². The first-order valence-electron chi connectivity index (χ1n) is 8.53. The third-order valence-corrected chi connectivity index (χ3v) is 4.86. The second kappa shape index (κ2) is 5.58. The Balaban J connectivity index is 1.96. The molecule has 0 radical (unpaired) electrons. The molecule has 0 bridgehead atoms. The van der Waals surface area contributed by atoms with E-state index in [9.17, 15) is 0 Å². The van der Waals surface area contributed by atoms with Crippen LogP contribution in [0.1, 0.15) is 36.8 Å². The first-order chi connectivity index (χ1) is 11.5. The molecule has 4 heterocycles. The van der Waals surface area contributed by atoms with Gasteiger partial charge in [0.2, 0.25) is 0 Å². The van der Waals surface area contributed by atoms with E-state index in [0.717, 1.165) is 47.6 Å². The zero-order chi connectivity index (χ0) is 16.8. The van der Waals surface area contributed by atoms with Crippen molar-refractivity contribution in [1.29, 1.82) is 0 Å². The van der Waals surface area contributed by atoms with Crippen molar-refractivity contribution in [3.8, 4) is 5.69 Å². The van der Waals surface area contributed by atoms with Crippen LogP contribution in [-0.4, -0.2) is 42.5 Å². The number of piperidine rings is 1. The Hall–Kier alpha value is -2.44. The van der Waals surface area contributed by atoms with Crippen LogP contribution in [0.2, 0.25) is 0 Å². The fourth-order valence-electron chi connectivity index (χ4n) is 3.53. The van der Waals surface area contributed by atoms with Crippen molar-refractivity contribution in [1.82, 2.24) is 29.4 Å². The standard InChI is InChI=1S/C17H23N7/c1-11-5-7-22(8-6-11)16-15(23-13(3)9-12(2)21-23)14(4)20-17-18-10-19-24(16)17/h9-11H,5-8H2,1-4H3. The summed E-state index contributed by atoms with van der Waals surface area (Å²) >= 11 is 0. The van der Waals surface area contributed by atoms with Crippen molar-refractivity contribution >= 4 is 11.6 Å². The van der Waals surface area contributed by atoms with Crippen molar-refractivity contribution in [3.63, 3.8) is 0 Å². The number of hydrogen-bond acceptors (Lipinski definition) is 5. The molecule has 3 aromatic heterocycles. The van der Waals surface area contributed by atoms with Gasteiger partial charge in [0.25, 0.3) is 5.78 Å². The summed E-state index contributed by atoms with van der Waals surface area (Å²) in [5.41, 5.74) is 4.04. The molecule has 1 aliphatic rings. The fourth-order valence-corrected chi connectivity index (χ4v) is 3.53. The van der Waals surface area contributed by atoms with E-state index in [1.165, 1.54) is 12.8 Å². The van der Waals surface area contributed by atoms with E-state index < -0.39 is 0 Å². The van der Waals surface area contributed by atoms with E-state index in [1.807, 2.05) is 23.0 Å². The predicted octanol–water partition coefficient (Wildman–Crippen LogP) is 2.47. The van der Waals surface area contributed by atoms with Crippen molar-refractivity contribution < 1.29 is 0 Å². The monoisotopic (exact) mass is 325 g/mol. The highest BCUT2D eigenvalue weighted by molar-refractivity contribution is 5.64. The Morgan fingerprint density at radius 1 is 1.12 bits per heavy atom. The molecule has 1 saturated heterocycles. The van der Waals surface area contributed by atoms with Gasteiger partial charge in [-0.3, -0.25) is 0 Å². The van der Waals surface area contributed by atoms with Gasteiger partial charge in [0, 0.05) is 18.8 Å². The lowest BCUT2D eigenvalue weighted by Crippen LogP contribution is -2.35. The molecule has 24 heavy (non-hydrogen) atoms. The molecule has 0 amide bonds. The molecular weight excluding hydrogens is 302 g/mol. The number of nitrogens with zero attached hydrogens (tertiary/aromatic N) is 7. The van der Waals surface area contributed by atoms with E-state index in [4.69, 9.17) is 5.10 Å². The molecule has 7 nitrogen and oxygen atoms in total. The molecule has 1 fully saturated rings. The zero-order valence-corrected chi connectivity index (χ0v) is 14.7. The summed E-state index contributed by atoms with van der Waals surface area (Å²) in [6.07, 6.45) is 3.95. The molecule has 1 aliphatic heterocycles. The molecule has 0 spiro atoms. The fraction of sp³-hybridized carbons (Fsp3) is 0.529. The minimum absolute atomic E-state index is 0.645. The minimum Gasteiger partial charge on any atom is -0.355 e. The maximum Gasteiger partial charge on any atom is 0.254 e. The highest BCUT2D eigenvalue weighted by Crippen LogP contribution is 2.31. The number of aromatic nitrogens is 6. The van der Waals surface area contributed by atoms with Gasteiger partial charge in [0.1, 0.15) is 12.0 Å². The van der Waals surface area contributed by atoms with Crippen molar-refractivity contribution in [2.24, 2.45) is 5.92 Å². The van der Waals surface area contributed by atoms with E-state index >= 15 is 0 Å². The third-order valence-electron chi connectivity index (χ3n) is 4.86. The van der Waals surface area contributed by atoms with Crippen molar-refractivity contribution in [3.05, 3.63) is 29.5 Å². The summed E-state index contributed by atoms with van der Waals surface area (Å²) in [7, 11) is 0. The van der Waals surface area contributed by atoms with Crippen LogP contribution in [0.3, 0.4) is 0 Å². The zero-order valence-electron chi connectivity index (χ0n) is 14.7. The van der Waals surface area contributed by atoms with Gasteiger partial charge in [-0.15, -0.1) is 0 Å². The summed E-state index contributed by atoms with van der Waals surface area (Å²) in [5, 5.41) is 9.13. The van der Waals surface area contributed by atoms with Gasteiger partial charge in [-0.1, -0.05) is 6.92 Å². The quantitative estimate of drug-likeness (QED) is 0.724. The van der Waals surface area contributed by atoms with Gasteiger partial charge < -0.3 is 4.90 Å². The number of fused-ring (bicyclic) bond motifs is 1. The SMILES string of the molecule is Cc1cc(C)n(-c2c(C)nc3ncnn3c2N2CCC(C)CC2)n1. The average molecular weight is 325 g/mol. The molecule has 3 aromatic rings. The van der Waals surface area contributed by atoms with Crippen LogP contribution in [0.25, 0.3) is 11.5 Å².